The van der Waals surface area contributed by atoms with Gasteiger partial charge in [-0.25, -0.2) is 0 Å². The molecule has 0 saturated carbocycles. The molecule has 1 aromatic heterocycles. The van der Waals surface area contributed by atoms with Crippen LogP contribution in [0.1, 0.15) is 5.56 Å². The summed E-state index contributed by atoms with van der Waals surface area (Å²) >= 11 is 0. The fourth-order valence-corrected chi connectivity index (χ4v) is 2.82. The predicted octanol–water partition coefficient (Wildman–Crippen LogP) is 3.44. The molecule has 1 heterocycles. The first kappa shape index (κ1) is 17.5. The van der Waals surface area contributed by atoms with Crippen molar-refractivity contribution in [2.24, 2.45) is 0 Å². The number of pyridine rings is 1. The third kappa shape index (κ3) is 3.54. The van der Waals surface area contributed by atoms with E-state index in [1.54, 1.807) is 25.4 Å². The fourth-order valence-electron chi connectivity index (χ4n) is 2.82. The number of amides is 1. The van der Waals surface area contributed by atoms with Crippen molar-refractivity contribution >= 4 is 22.5 Å². The van der Waals surface area contributed by atoms with E-state index in [4.69, 9.17) is 14.2 Å². The summed E-state index contributed by atoms with van der Waals surface area (Å²) in [6, 6.07) is 13.2. The second-order valence-corrected chi connectivity index (χ2v) is 5.64. The van der Waals surface area contributed by atoms with Gasteiger partial charge in [-0.05, 0) is 18.2 Å². The van der Waals surface area contributed by atoms with Gasteiger partial charge in [0.15, 0.2) is 11.5 Å². The number of para-hydroxylation sites is 1. The highest BCUT2D eigenvalue weighted by atomic mass is 16.5. The molecule has 3 rings (SSSR count). The van der Waals surface area contributed by atoms with Crippen LogP contribution >= 0.6 is 0 Å². The van der Waals surface area contributed by atoms with Crippen molar-refractivity contribution in [1.29, 1.82) is 0 Å². The Hall–Kier alpha value is -3.28. The quantitative estimate of drug-likeness (QED) is 0.736. The highest BCUT2D eigenvalue weighted by molar-refractivity contribution is 5.94. The molecule has 0 bridgehead atoms. The van der Waals surface area contributed by atoms with E-state index in [2.05, 4.69) is 10.3 Å². The Kier molecular flexibility index (Phi) is 5.22. The van der Waals surface area contributed by atoms with Crippen molar-refractivity contribution in [2.75, 3.05) is 26.6 Å². The molecule has 6 nitrogen and oxygen atoms in total. The highest BCUT2D eigenvalue weighted by Gasteiger charge is 2.18. The van der Waals surface area contributed by atoms with E-state index >= 15 is 0 Å². The Labute approximate surface area is 151 Å². The maximum atomic E-state index is 12.5. The van der Waals surface area contributed by atoms with Crippen molar-refractivity contribution in [3.05, 3.63) is 54.2 Å². The molecule has 0 fully saturated rings. The van der Waals surface area contributed by atoms with E-state index in [0.717, 1.165) is 10.9 Å². The number of carbonyl (C=O) groups is 1. The molecule has 0 aliphatic carbocycles. The van der Waals surface area contributed by atoms with E-state index in [9.17, 15) is 4.79 Å². The van der Waals surface area contributed by atoms with Crippen LogP contribution in [0.15, 0.2) is 48.7 Å². The third-order valence-corrected chi connectivity index (χ3v) is 4.01. The van der Waals surface area contributed by atoms with Gasteiger partial charge in [0.1, 0.15) is 0 Å². The fraction of sp³-hybridized carbons (Fsp3) is 0.200. The van der Waals surface area contributed by atoms with Crippen molar-refractivity contribution < 1.29 is 19.0 Å². The summed E-state index contributed by atoms with van der Waals surface area (Å²) in [7, 11) is 4.62. The number of carbonyl (C=O) groups excluding carboxylic acids is 1. The van der Waals surface area contributed by atoms with Crippen molar-refractivity contribution in [3.63, 3.8) is 0 Å². The molecule has 26 heavy (non-hydrogen) atoms. The summed E-state index contributed by atoms with van der Waals surface area (Å²) < 4.78 is 16.0. The van der Waals surface area contributed by atoms with Crippen LogP contribution in [0.5, 0.6) is 17.2 Å². The highest BCUT2D eigenvalue weighted by Crippen LogP contribution is 2.39. The second-order valence-electron chi connectivity index (χ2n) is 5.64. The van der Waals surface area contributed by atoms with Gasteiger partial charge in [-0.2, -0.15) is 0 Å². The number of nitrogens with zero attached hydrogens (tertiary/aromatic N) is 1. The minimum Gasteiger partial charge on any atom is -0.493 e. The van der Waals surface area contributed by atoms with Crippen molar-refractivity contribution in [3.8, 4) is 17.2 Å². The van der Waals surface area contributed by atoms with E-state index in [1.807, 2.05) is 30.3 Å². The molecule has 0 aliphatic rings. The number of hydrogen-bond acceptors (Lipinski definition) is 5. The summed E-state index contributed by atoms with van der Waals surface area (Å²) in [5.74, 6) is 1.33. The van der Waals surface area contributed by atoms with Crippen molar-refractivity contribution in [1.82, 2.24) is 4.98 Å². The first-order valence-electron chi connectivity index (χ1n) is 8.08. The standard InChI is InChI=1S/C20H20N2O4/c1-24-17-9-8-14(19(25-2)20(17)26-3)11-18(23)22-15-10-13-6-4-5-7-16(13)21-12-15/h4-10,12H,11H2,1-3H3,(H,22,23). The minimum atomic E-state index is -0.174. The zero-order valence-corrected chi connectivity index (χ0v) is 14.9. The molecule has 134 valence electrons. The molecule has 0 radical (unpaired) electrons. The van der Waals surface area contributed by atoms with Gasteiger partial charge >= 0.3 is 0 Å². The number of rotatable bonds is 6. The first-order chi connectivity index (χ1) is 12.7. The largest absolute Gasteiger partial charge is 0.493 e. The zero-order chi connectivity index (χ0) is 18.5. The van der Waals surface area contributed by atoms with Crippen LogP contribution < -0.4 is 19.5 Å². The van der Waals surface area contributed by atoms with Gasteiger partial charge in [-0.15, -0.1) is 0 Å². The Bertz CT molecular complexity index is 940. The minimum absolute atomic E-state index is 0.135. The lowest BCUT2D eigenvalue weighted by Gasteiger charge is -2.15. The number of ether oxygens (including phenoxy) is 3. The second kappa shape index (κ2) is 7.74. The molecule has 0 atom stereocenters. The van der Waals surface area contributed by atoms with Crippen LogP contribution in [0.2, 0.25) is 0 Å². The van der Waals surface area contributed by atoms with Crippen LogP contribution in [0.25, 0.3) is 10.9 Å². The van der Waals surface area contributed by atoms with Gasteiger partial charge in [0.2, 0.25) is 11.7 Å². The van der Waals surface area contributed by atoms with Gasteiger partial charge in [0.05, 0.1) is 45.2 Å². The lowest BCUT2D eigenvalue weighted by atomic mass is 10.1. The maximum absolute atomic E-state index is 12.5. The molecular weight excluding hydrogens is 332 g/mol. The molecule has 3 aromatic rings. The molecule has 1 amide bonds. The zero-order valence-electron chi connectivity index (χ0n) is 14.9. The van der Waals surface area contributed by atoms with Gasteiger partial charge in [0.25, 0.3) is 0 Å². The average Bonchev–Trinajstić information content (AvgIpc) is 2.67. The van der Waals surface area contributed by atoms with E-state index in [0.29, 0.717) is 28.5 Å². The van der Waals surface area contributed by atoms with E-state index < -0.39 is 0 Å². The van der Waals surface area contributed by atoms with Gasteiger partial charge < -0.3 is 19.5 Å². The number of fused-ring (bicyclic) bond motifs is 1. The molecule has 0 spiro atoms. The molecular formula is C20H20N2O4. The summed E-state index contributed by atoms with van der Waals surface area (Å²) in [5.41, 5.74) is 2.23. The van der Waals surface area contributed by atoms with E-state index in [-0.39, 0.29) is 12.3 Å². The first-order valence-corrected chi connectivity index (χ1v) is 8.08. The Morgan fingerprint density at radius 2 is 1.77 bits per heavy atom. The number of anilines is 1. The number of aromatic nitrogens is 1. The Morgan fingerprint density at radius 1 is 1.00 bits per heavy atom. The summed E-state index contributed by atoms with van der Waals surface area (Å²) in [6.07, 6.45) is 1.78. The number of benzene rings is 2. The van der Waals surface area contributed by atoms with E-state index in [1.165, 1.54) is 14.2 Å². The van der Waals surface area contributed by atoms with Crippen molar-refractivity contribution in [2.45, 2.75) is 6.42 Å². The number of hydrogen-bond donors (Lipinski definition) is 1. The van der Waals surface area contributed by atoms with Gasteiger partial charge in [0, 0.05) is 10.9 Å². The summed E-state index contributed by atoms with van der Waals surface area (Å²) in [6.45, 7) is 0. The van der Waals surface area contributed by atoms with Crippen LogP contribution in [0.4, 0.5) is 5.69 Å². The Morgan fingerprint density at radius 3 is 2.50 bits per heavy atom. The lowest BCUT2D eigenvalue weighted by Crippen LogP contribution is -2.15. The maximum Gasteiger partial charge on any atom is 0.228 e. The van der Waals surface area contributed by atoms with Crippen LogP contribution in [0, 0.1) is 0 Å². The molecule has 2 aromatic carbocycles. The van der Waals surface area contributed by atoms with Crippen LogP contribution in [-0.4, -0.2) is 32.2 Å². The van der Waals surface area contributed by atoms with Gasteiger partial charge in [-0.3, -0.25) is 9.78 Å². The monoisotopic (exact) mass is 352 g/mol. The third-order valence-electron chi connectivity index (χ3n) is 4.01. The summed E-state index contributed by atoms with van der Waals surface area (Å²) in [4.78, 5) is 16.8. The lowest BCUT2D eigenvalue weighted by molar-refractivity contribution is -0.115. The predicted molar refractivity (Wildman–Crippen MR) is 100 cm³/mol. The molecule has 6 heteroatoms. The van der Waals surface area contributed by atoms with Crippen LogP contribution in [0.3, 0.4) is 0 Å². The number of nitrogens with one attached hydrogen (secondary N) is 1. The summed E-state index contributed by atoms with van der Waals surface area (Å²) in [5, 5.41) is 3.84. The topological polar surface area (TPSA) is 69.7 Å². The molecule has 0 aliphatic heterocycles. The molecule has 0 unspecified atom stereocenters. The van der Waals surface area contributed by atoms with Crippen LogP contribution in [-0.2, 0) is 11.2 Å². The molecule has 0 saturated heterocycles. The Balaban J connectivity index is 1.81. The molecule has 1 N–H and O–H groups in total. The normalized spacial score (nSPS) is 10.4. The smallest absolute Gasteiger partial charge is 0.228 e. The van der Waals surface area contributed by atoms with Gasteiger partial charge in [-0.1, -0.05) is 24.3 Å². The number of methoxy groups -OCH3 is 3. The average molecular weight is 352 g/mol. The SMILES string of the molecule is COc1ccc(CC(=O)Nc2cnc3ccccc3c2)c(OC)c1OC.